The van der Waals surface area contributed by atoms with E-state index in [1.165, 1.54) is 21.8 Å². The molecule has 1 aromatic carbocycles. The van der Waals surface area contributed by atoms with Crippen molar-refractivity contribution < 1.29 is 25.9 Å². The van der Waals surface area contributed by atoms with Crippen molar-refractivity contribution in [3.05, 3.63) is 69.6 Å². The summed E-state index contributed by atoms with van der Waals surface area (Å²) >= 11 is 0. The van der Waals surface area contributed by atoms with Crippen LogP contribution in [0.1, 0.15) is 21.5 Å². The second kappa shape index (κ2) is 8.42. The molecule has 3 radical (unpaired) electrons. The SMILES string of the molecule is CN1CCc2ccc(C(=O)Cn3cc[c-]cc3=O)cc2C1.[B].[W]. The van der Waals surface area contributed by atoms with Gasteiger partial charge in [0.25, 0.3) is 0 Å². The fourth-order valence-corrected chi connectivity index (χ4v) is 2.66. The number of fused-ring (bicyclic) bond motifs is 1. The summed E-state index contributed by atoms with van der Waals surface area (Å²) in [6.07, 6.45) is 2.61. The number of aromatic nitrogens is 1. The number of likely N-dealkylation sites (N-methyl/N-ethyl adjacent to an activating group) is 1. The number of hydrogen-bond donors (Lipinski definition) is 0. The maximum atomic E-state index is 12.4. The summed E-state index contributed by atoms with van der Waals surface area (Å²) in [6.45, 7) is 2.00. The van der Waals surface area contributed by atoms with Crippen LogP contribution in [0.5, 0.6) is 0 Å². The van der Waals surface area contributed by atoms with Gasteiger partial charge in [0.2, 0.25) is 0 Å². The van der Waals surface area contributed by atoms with Crippen LogP contribution in [-0.4, -0.2) is 37.3 Å². The Morgan fingerprint density at radius 3 is 2.83 bits per heavy atom. The zero-order chi connectivity index (χ0) is 14.8. The molecule has 0 amide bonds. The summed E-state index contributed by atoms with van der Waals surface area (Å²) in [6, 6.07) is 11.6. The van der Waals surface area contributed by atoms with Gasteiger partial charge >= 0.3 is 0 Å². The van der Waals surface area contributed by atoms with E-state index in [0.29, 0.717) is 5.56 Å². The molecule has 1 aromatic heterocycles. The minimum absolute atomic E-state index is 0. The molecule has 23 heavy (non-hydrogen) atoms. The van der Waals surface area contributed by atoms with E-state index >= 15 is 0 Å². The van der Waals surface area contributed by atoms with Crippen LogP contribution in [-0.2, 0) is 40.6 Å². The molecule has 2 heterocycles. The van der Waals surface area contributed by atoms with Gasteiger partial charge in [-0.1, -0.05) is 12.1 Å². The zero-order valence-corrected chi connectivity index (χ0v) is 15.9. The first kappa shape index (κ1) is 19.6. The van der Waals surface area contributed by atoms with Gasteiger partial charge in [-0.25, -0.2) is 0 Å². The molecular weight excluding hydrogens is 459 g/mol. The molecule has 1 aliphatic heterocycles. The molecule has 0 atom stereocenters. The number of ketones is 1. The third-order valence-electron chi connectivity index (χ3n) is 3.89. The monoisotopic (exact) mass is 476 g/mol. The third kappa shape index (κ3) is 4.52. The Labute approximate surface area is 152 Å². The van der Waals surface area contributed by atoms with E-state index in [0.717, 1.165) is 19.5 Å². The molecule has 0 aliphatic carbocycles. The molecular formula is C17H17BN2O2W-. The Bertz CT molecular complexity index is 745. The Morgan fingerprint density at radius 1 is 1.30 bits per heavy atom. The first-order valence-electron chi connectivity index (χ1n) is 7.03. The van der Waals surface area contributed by atoms with Gasteiger partial charge in [0.15, 0.2) is 5.78 Å². The summed E-state index contributed by atoms with van der Waals surface area (Å²) in [7, 11) is 2.08. The number of Topliss-reactive ketones (excluding diaryl/α,β-unsaturated/α-hetero) is 1. The molecule has 6 heteroatoms. The summed E-state index contributed by atoms with van der Waals surface area (Å²) < 4.78 is 1.41. The smallest absolute Gasteiger partial charge is 0.180 e. The largest absolute Gasteiger partial charge is 0.415 e. The van der Waals surface area contributed by atoms with E-state index < -0.39 is 0 Å². The number of nitrogens with zero attached hydrogens (tertiary/aromatic N) is 2. The minimum Gasteiger partial charge on any atom is -0.415 e. The van der Waals surface area contributed by atoms with E-state index in [4.69, 9.17) is 0 Å². The van der Waals surface area contributed by atoms with Gasteiger partial charge in [0.05, 0.1) is 6.54 Å². The number of benzene rings is 1. The number of pyridine rings is 1. The molecule has 0 spiro atoms. The van der Waals surface area contributed by atoms with Crippen LogP contribution in [0.4, 0.5) is 0 Å². The van der Waals surface area contributed by atoms with Crippen LogP contribution >= 0.6 is 0 Å². The predicted molar refractivity (Wildman–Crippen MR) is 86.1 cm³/mol. The summed E-state index contributed by atoms with van der Waals surface area (Å²) in [4.78, 5) is 26.2. The quantitative estimate of drug-likeness (QED) is 0.380. The van der Waals surface area contributed by atoms with Crippen molar-refractivity contribution in [2.24, 2.45) is 0 Å². The zero-order valence-electron chi connectivity index (χ0n) is 13.0. The molecule has 0 saturated heterocycles. The molecule has 117 valence electrons. The van der Waals surface area contributed by atoms with Gasteiger partial charge in [-0.05, 0) is 30.7 Å². The van der Waals surface area contributed by atoms with Crippen LogP contribution in [0, 0.1) is 6.07 Å². The van der Waals surface area contributed by atoms with Crippen LogP contribution in [0.2, 0.25) is 0 Å². The van der Waals surface area contributed by atoms with E-state index in [-0.39, 0.29) is 47.4 Å². The van der Waals surface area contributed by atoms with Crippen molar-refractivity contribution in [2.75, 3.05) is 13.6 Å². The number of hydrogen-bond acceptors (Lipinski definition) is 3. The standard InChI is InChI=1S/C17H17N2O2.B.W/c1-18-9-7-13-5-6-14(10-15(13)11-18)16(20)12-19-8-3-2-4-17(19)21;;/h3-6,8,10H,7,9,11-12H2,1H3;;/q-1;;. The van der Waals surface area contributed by atoms with Crippen molar-refractivity contribution in [3.63, 3.8) is 0 Å². The number of carbonyl (C=O) groups excluding carboxylic acids is 1. The average Bonchev–Trinajstić information content (AvgIpc) is 2.48. The Balaban J connectivity index is 0.00000132. The topological polar surface area (TPSA) is 42.3 Å². The molecule has 4 nitrogen and oxygen atoms in total. The first-order chi connectivity index (χ1) is 10.1. The van der Waals surface area contributed by atoms with E-state index in [9.17, 15) is 9.59 Å². The molecule has 3 rings (SSSR count). The first-order valence-corrected chi connectivity index (χ1v) is 7.03. The maximum Gasteiger partial charge on any atom is 0.180 e. The third-order valence-corrected chi connectivity index (χ3v) is 3.89. The van der Waals surface area contributed by atoms with Crippen LogP contribution in [0.25, 0.3) is 0 Å². The van der Waals surface area contributed by atoms with Crippen molar-refractivity contribution >= 4 is 14.2 Å². The van der Waals surface area contributed by atoms with Gasteiger partial charge < -0.3 is 14.3 Å². The predicted octanol–water partition coefficient (Wildman–Crippen LogP) is 1.14. The Morgan fingerprint density at radius 2 is 2.09 bits per heavy atom. The number of rotatable bonds is 3. The normalized spacial score (nSPS) is 13.4. The Kier molecular flexibility index (Phi) is 7.17. The second-order valence-corrected chi connectivity index (χ2v) is 5.49. The van der Waals surface area contributed by atoms with E-state index in [1.54, 1.807) is 12.3 Å². The summed E-state index contributed by atoms with van der Waals surface area (Å²) in [5.74, 6) is -0.0423. The van der Waals surface area contributed by atoms with Gasteiger partial charge in [0, 0.05) is 48.1 Å². The fraction of sp³-hybridized carbons (Fsp3) is 0.294. The minimum atomic E-state index is -0.205. The molecule has 0 unspecified atom stereocenters. The molecule has 1 aliphatic rings. The van der Waals surface area contributed by atoms with Gasteiger partial charge in [0.1, 0.15) is 5.56 Å². The van der Waals surface area contributed by atoms with Crippen LogP contribution in [0.3, 0.4) is 0 Å². The van der Waals surface area contributed by atoms with Gasteiger partial charge in [-0.15, -0.1) is 12.3 Å². The molecule has 0 fully saturated rings. The van der Waals surface area contributed by atoms with E-state index in [1.807, 2.05) is 18.2 Å². The second-order valence-electron chi connectivity index (χ2n) is 5.49. The van der Waals surface area contributed by atoms with Crippen molar-refractivity contribution in [1.29, 1.82) is 0 Å². The number of carbonyl (C=O) groups is 1. The van der Waals surface area contributed by atoms with Crippen LogP contribution < -0.4 is 5.56 Å². The van der Waals surface area contributed by atoms with Crippen molar-refractivity contribution in [1.82, 2.24) is 9.47 Å². The van der Waals surface area contributed by atoms with Gasteiger partial charge in [-0.3, -0.25) is 4.79 Å². The maximum absolute atomic E-state index is 12.4. The van der Waals surface area contributed by atoms with E-state index in [2.05, 4.69) is 18.0 Å². The average molecular weight is 476 g/mol. The van der Waals surface area contributed by atoms with Crippen molar-refractivity contribution in [3.8, 4) is 0 Å². The van der Waals surface area contributed by atoms with Gasteiger partial charge in [-0.2, -0.15) is 12.1 Å². The molecule has 2 aromatic rings. The molecule has 0 bridgehead atoms. The molecule has 0 N–H and O–H groups in total. The van der Waals surface area contributed by atoms with Crippen molar-refractivity contribution in [2.45, 2.75) is 19.5 Å². The molecule has 0 saturated carbocycles. The van der Waals surface area contributed by atoms with Crippen LogP contribution in [0.15, 0.2) is 41.3 Å². The summed E-state index contributed by atoms with van der Waals surface area (Å²) in [5.41, 5.74) is 2.99. The summed E-state index contributed by atoms with van der Waals surface area (Å²) in [5, 5.41) is 0. The fourth-order valence-electron chi connectivity index (χ4n) is 2.66. The Hall–Kier alpha value is -1.45.